The monoisotopic (exact) mass is 654 g/mol. The molecule has 1 atom stereocenters. The van der Waals surface area contributed by atoms with Gasteiger partial charge >= 0.3 is 19.8 Å². The lowest BCUT2D eigenvalue weighted by molar-refractivity contribution is -0.161. The highest BCUT2D eigenvalue weighted by molar-refractivity contribution is 7.46. The minimum atomic E-state index is -4.75. The first-order valence-electron chi connectivity index (χ1n) is 17.4. The molecule has 0 aromatic carbocycles. The fourth-order valence-electron chi connectivity index (χ4n) is 4.50. The highest BCUT2D eigenvalue weighted by Crippen LogP contribution is 2.35. The van der Waals surface area contributed by atoms with E-state index in [1.807, 2.05) is 0 Å². The molecular formula is C36H63O8P. The van der Waals surface area contributed by atoms with E-state index in [1.54, 1.807) is 0 Å². The van der Waals surface area contributed by atoms with Crippen molar-refractivity contribution in [3.05, 3.63) is 48.6 Å². The quantitative estimate of drug-likeness (QED) is 0.0328. The Kier molecular flexibility index (Phi) is 30.6. The molecule has 9 heteroatoms. The molecule has 0 aromatic heterocycles. The molecule has 0 bridgehead atoms. The second-order valence-electron chi connectivity index (χ2n) is 11.5. The summed E-state index contributed by atoms with van der Waals surface area (Å²) in [5.41, 5.74) is 0. The Balaban J connectivity index is 4.06. The lowest BCUT2D eigenvalue weighted by atomic mass is 10.1. The zero-order valence-electron chi connectivity index (χ0n) is 28.3. The number of phosphoric acid groups is 1. The highest BCUT2D eigenvalue weighted by atomic mass is 31.2. The van der Waals surface area contributed by atoms with Crippen molar-refractivity contribution in [3.8, 4) is 0 Å². The van der Waals surface area contributed by atoms with Gasteiger partial charge in [0.15, 0.2) is 6.10 Å². The van der Waals surface area contributed by atoms with Crippen LogP contribution in [-0.2, 0) is 28.2 Å². The van der Waals surface area contributed by atoms with Gasteiger partial charge < -0.3 is 19.3 Å². The van der Waals surface area contributed by atoms with E-state index in [4.69, 9.17) is 19.3 Å². The van der Waals surface area contributed by atoms with Crippen LogP contribution >= 0.6 is 7.82 Å². The number of carbonyl (C=O) groups is 2. The van der Waals surface area contributed by atoms with Crippen molar-refractivity contribution in [2.24, 2.45) is 0 Å². The molecular weight excluding hydrogens is 591 g/mol. The zero-order chi connectivity index (χ0) is 33.3. The van der Waals surface area contributed by atoms with Crippen molar-refractivity contribution in [1.82, 2.24) is 0 Å². The van der Waals surface area contributed by atoms with E-state index in [0.29, 0.717) is 12.8 Å². The highest BCUT2D eigenvalue weighted by Gasteiger charge is 2.22. The molecule has 45 heavy (non-hydrogen) atoms. The summed E-state index contributed by atoms with van der Waals surface area (Å²) in [5, 5.41) is 0. The molecule has 0 amide bonds. The van der Waals surface area contributed by atoms with Crippen LogP contribution in [0.4, 0.5) is 0 Å². The number of hydrogen-bond acceptors (Lipinski definition) is 6. The van der Waals surface area contributed by atoms with Crippen LogP contribution in [-0.4, -0.2) is 41.0 Å². The van der Waals surface area contributed by atoms with Gasteiger partial charge in [-0.2, -0.15) is 0 Å². The number of phosphoric ester groups is 1. The van der Waals surface area contributed by atoms with Crippen molar-refractivity contribution < 1.29 is 37.9 Å². The summed E-state index contributed by atoms with van der Waals surface area (Å²) in [6.07, 6.45) is 36.9. The van der Waals surface area contributed by atoms with Crippen molar-refractivity contribution >= 4 is 19.8 Å². The van der Waals surface area contributed by atoms with E-state index < -0.39 is 32.5 Å². The SMILES string of the molecule is CC/C=C\C/C=C\C/C=C\CCCCCCCC(=O)O[C@H](COC(=O)CCCCCCC/C=C\CCCCC)COP(=O)(O)O. The minimum absolute atomic E-state index is 0.189. The molecule has 2 N–H and O–H groups in total. The van der Waals surface area contributed by atoms with Crippen molar-refractivity contribution in [2.75, 3.05) is 13.2 Å². The van der Waals surface area contributed by atoms with Gasteiger partial charge in [-0.05, 0) is 70.6 Å². The normalized spacial score (nSPS) is 13.1. The van der Waals surface area contributed by atoms with Gasteiger partial charge in [-0.3, -0.25) is 14.1 Å². The maximum Gasteiger partial charge on any atom is 0.469 e. The summed E-state index contributed by atoms with van der Waals surface area (Å²) in [7, 11) is -4.75. The zero-order valence-corrected chi connectivity index (χ0v) is 29.1. The van der Waals surface area contributed by atoms with Crippen LogP contribution in [0.25, 0.3) is 0 Å². The van der Waals surface area contributed by atoms with Gasteiger partial charge in [-0.15, -0.1) is 0 Å². The van der Waals surface area contributed by atoms with Crippen molar-refractivity contribution in [2.45, 2.75) is 155 Å². The van der Waals surface area contributed by atoms with Gasteiger partial charge in [-0.1, -0.05) is 114 Å². The van der Waals surface area contributed by atoms with Crippen LogP contribution in [0.5, 0.6) is 0 Å². The van der Waals surface area contributed by atoms with Gasteiger partial charge in [0.25, 0.3) is 0 Å². The molecule has 0 heterocycles. The number of ether oxygens (including phenoxy) is 2. The number of carbonyl (C=O) groups excluding carboxylic acids is 2. The summed E-state index contributed by atoms with van der Waals surface area (Å²) in [4.78, 5) is 42.6. The lowest BCUT2D eigenvalue weighted by Crippen LogP contribution is -2.29. The summed E-state index contributed by atoms with van der Waals surface area (Å²) in [6, 6.07) is 0. The van der Waals surface area contributed by atoms with Crippen LogP contribution in [0.15, 0.2) is 48.6 Å². The Morgan fingerprint density at radius 3 is 1.62 bits per heavy atom. The molecule has 0 rings (SSSR count). The van der Waals surface area contributed by atoms with E-state index in [1.165, 1.54) is 19.3 Å². The van der Waals surface area contributed by atoms with Crippen LogP contribution in [0, 0.1) is 0 Å². The maximum absolute atomic E-state index is 12.3. The first-order chi connectivity index (χ1) is 21.8. The summed E-state index contributed by atoms with van der Waals surface area (Å²) < 4.78 is 26.2. The lowest BCUT2D eigenvalue weighted by Gasteiger charge is -2.18. The first-order valence-corrected chi connectivity index (χ1v) is 19.0. The molecule has 8 nitrogen and oxygen atoms in total. The van der Waals surface area contributed by atoms with E-state index in [2.05, 4.69) is 67.0 Å². The third-order valence-electron chi connectivity index (χ3n) is 7.08. The summed E-state index contributed by atoms with van der Waals surface area (Å²) in [5.74, 6) is -0.921. The average Bonchev–Trinajstić information content (AvgIpc) is 3.00. The molecule has 0 aliphatic carbocycles. The molecule has 0 radical (unpaired) electrons. The predicted octanol–water partition coefficient (Wildman–Crippen LogP) is 10.0. The van der Waals surface area contributed by atoms with Crippen LogP contribution < -0.4 is 0 Å². The summed E-state index contributed by atoms with van der Waals surface area (Å²) >= 11 is 0. The Labute approximate surface area is 274 Å². The van der Waals surface area contributed by atoms with Crippen molar-refractivity contribution in [3.63, 3.8) is 0 Å². The van der Waals surface area contributed by atoms with E-state index in [0.717, 1.165) is 89.9 Å². The van der Waals surface area contributed by atoms with Gasteiger partial charge in [-0.25, -0.2) is 4.57 Å². The molecule has 0 saturated heterocycles. The molecule has 0 spiro atoms. The topological polar surface area (TPSA) is 119 Å². The van der Waals surface area contributed by atoms with E-state index in [9.17, 15) is 14.2 Å². The number of esters is 2. The Hall–Kier alpha value is -1.99. The standard InChI is InChI=1S/C36H63O8P/c1-3-5-7-9-11-13-15-17-18-19-21-23-25-27-29-31-36(38)44-34(33-43-45(39,40)41)32-42-35(37)30-28-26-24-22-20-16-14-12-10-8-6-4-2/h5,7,11-14,17-18,34H,3-4,6,8-10,15-16,19-33H2,1-2H3,(H2,39,40,41)/b7-5-,13-11-,14-12-,18-17-/t34-/m1/s1. The van der Waals surface area contributed by atoms with Crippen molar-refractivity contribution in [1.29, 1.82) is 0 Å². The molecule has 0 aromatic rings. The minimum Gasteiger partial charge on any atom is -0.462 e. The Morgan fingerprint density at radius 1 is 0.600 bits per heavy atom. The fourth-order valence-corrected chi connectivity index (χ4v) is 4.86. The number of hydrogen-bond donors (Lipinski definition) is 2. The second-order valence-corrected chi connectivity index (χ2v) is 12.7. The Bertz CT molecular complexity index is 874. The summed E-state index contributed by atoms with van der Waals surface area (Å²) in [6.45, 7) is 3.50. The van der Waals surface area contributed by atoms with Gasteiger partial charge in [0.1, 0.15) is 6.61 Å². The molecule has 0 saturated carbocycles. The third-order valence-corrected chi connectivity index (χ3v) is 7.57. The second kappa shape index (κ2) is 32.0. The van der Waals surface area contributed by atoms with Gasteiger partial charge in [0.05, 0.1) is 6.61 Å². The molecule has 0 aliphatic heterocycles. The van der Waals surface area contributed by atoms with Crippen LogP contribution in [0.2, 0.25) is 0 Å². The average molecular weight is 655 g/mol. The number of allylic oxidation sites excluding steroid dienone is 8. The van der Waals surface area contributed by atoms with Gasteiger partial charge in [0, 0.05) is 12.8 Å². The number of rotatable bonds is 31. The predicted molar refractivity (Wildman–Crippen MR) is 184 cm³/mol. The van der Waals surface area contributed by atoms with E-state index in [-0.39, 0.29) is 19.4 Å². The van der Waals surface area contributed by atoms with Crippen LogP contribution in [0.1, 0.15) is 149 Å². The van der Waals surface area contributed by atoms with Gasteiger partial charge in [0.2, 0.25) is 0 Å². The third kappa shape index (κ3) is 34.7. The Morgan fingerprint density at radius 2 is 1.07 bits per heavy atom. The number of unbranched alkanes of at least 4 members (excludes halogenated alkanes) is 13. The smallest absolute Gasteiger partial charge is 0.462 e. The maximum atomic E-state index is 12.3. The van der Waals surface area contributed by atoms with E-state index >= 15 is 0 Å². The molecule has 260 valence electrons. The fraction of sp³-hybridized carbons (Fsp3) is 0.722. The first kappa shape index (κ1) is 43.0. The molecule has 0 fully saturated rings. The molecule has 0 aliphatic rings. The largest absolute Gasteiger partial charge is 0.469 e. The van der Waals surface area contributed by atoms with Crippen LogP contribution in [0.3, 0.4) is 0 Å². The molecule has 0 unspecified atom stereocenters.